The standard InChI is InChI=1S/C15H28O5/c1-2-3-4-5-6-7-8-9-19-15-13(18)11-20-14(15)12(17)10-16/h2-3,12-18H,4-11H2,1H3/b3-2+/t12-,13+,14-,15-/m0/s1. The summed E-state index contributed by atoms with van der Waals surface area (Å²) in [5.41, 5.74) is 0. The van der Waals surface area contributed by atoms with Crippen molar-refractivity contribution in [2.75, 3.05) is 19.8 Å². The molecule has 1 saturated heterocycles. The second-order valence-corrected chi connectivity index (χ2v) is 5.22. The average molecular weight is 288 g/mol. The van der Waals surface area contributed by atoms with Gasteiger partial charge in [0, 0.05) is 6.61 Å². The first-order chi connectivity index (χ1) is 9.70. The van der Waals surface area contributed by atoms with Crippen molar-refractivity contribution in [2.24, 2.45) is 0 Å². The molecule has 118 valence electrons. The van der Waals surface area contributed by atoms with E-state index >= 15 is 0 Å². The number of aliphatic hydroxyl groups is 3. The third-order valence-electron chi connectivity index (χ3n) is 3.54. The van der Waals surface area contributed by atoms with Gasteiger partial charge in [-0.05, 0) is 26.2 Å². The molecule has 0 amide bonds. The van der Waals surface area contributed by atoms with Crippen molar-refractivity contribution in [3.05, 3.63) is 12.2 Å². The van der Waals surface area contributed by atoms with Crippen LogP contribution in [0, 0.1) is 0 Å². The lowest BCUT2D eigenvalue weighted by Gasteiger charge is -2.23. The van der Waals surface area contributed by atoms with Crippen LogP contribution in [0.1, 0.15) is 39.0 Å². The molecule has 1 aliphatic rings. The molecule has 4 atom stereocenters. The van der Waals surface area contributed by atoms with Crippen LogP contribution in [0.2, 0.25) is 0 Å². The van der Waals surface area contributed by atoms with Gasteiger partial charge < -0.3 is 24.8 Å². The van der Waals surface area contributed by atoms with Crippen LogP contribution >= 0.6 is 0 Å². The van der Waals surface area contributed by atoms with Crippen molar-refractivity contribution in [3.8, 4) is 0 Å². The molecule has 1 aliphatic heterocycles. The summed E-state index contributed by atoms with van der Waals surface area (Å²) >= 11 is 0. The lowest BCUT2D eigenvalue weighted by molar-refractivity contribution is -0.0938. The Bertz CT molecular complexity index is 269. The highest BCUT2D eigenvalue weighted by atomic mass is 16.6. The first-order valence-corrected chi connectivity index (χ1v) is 7.52. The van der Waals surface area contributed by atoms with Gasteiger partial charge in [-0.2, -0.15) is 0 Å². The normalized spacial score (nSPS) is 28.3. The quantitative estimate of drug-likeness (QED) is 0.413. The molecule has 3 N–H and O–H groups in total. The minimum Gasteiger partial charge on any atom is -0.394 e. The topological polar surface area (TPSA) is 79.2 Å². The molecular weight excluding hydrogens is 260 g/mol. The minimum absolute atomic E-state index is 0.149. The molecule has 0 aliphatic carbocycles. The summed E-state index contributed by atoms with van der Waals surface area (Å²) < 4.78 is 10.9. The maximum atomic E-state index is 9.75. The number of allylic oxidation sites excluding steroid dienone is 2. The molecule has 20 heavy (non-hydrogen) atoms. The number of aliphatic hydroxyl groups excluding tert-OH is 3. The zero-order chi connectivity index (χ0) is 14.8. The predicted octanol–water partition coefficient (Wildman–Crippen LogP) is 1.01. The van der Waals surface area contributed by atoms with Gasteiger partial charge in [0.05, 0.1) is 13.2 Å². The number of unbranched alkanes of at least 4 members (excludes halogenated alkanes) is 4. The summed E-state index contributed by atoms with van der Waals surface area (Å²) in [5.74, 6) is 0. The Hall–Kier alpha value is -0.460. The van der Waals surface area contributed by atoms with Crippen LogP contribution in [0.15, 0.2) is 12.2 Å². The van der Waals surface area contributed by atoms with E-state index in [0.29, 0.717) is 6.61 Å². The van der Waals surface area contributed by atoms with Crippen LogP contribution in [-0.4, -0.2) is 59.6 Å². The minimum atomic E-state index is -1.00. The van der Waals surface area contributed by atoms with Crippen LogP contribution in [-0.2, 0) is 9.47 Å². The van der Waals surface area contributed by atoms with Gasteiger partial charge in [0.2, 0.25) is 0 Å². The summed E-state index contributed by atoms with van der Waals surface area (Å²) in [4.78, 5) is 0. The van der Waals surface area contributed by atoms with Crippen molar-refractivity contribution >= 4 is 0 Å². The van der Waals surface area contributed by atoms with Gasteiger partial charge in [0.15, 0.2) is 0 Å². The first-order valence-electron chi connectivity index (χ1n) is 7.52. The first kappa shape index (κ1) is 17.6. The molecule has 0 aromatic rings. The van der Waals surface area contributed by atoms with E-state index in [1.54, 1.807) is 0 Å². The van der Waals surface area contributed by atoms with Crippen molar-refractivity contribution in [2.45, 2.75) is 63.4 Å². The van der Waals surface area contributed by atoms with Crippen LogP contribution in [0.25, 0.3) is 0 Å². The lowest BCUT2D eigenvalue weighted by atomic mass is 10.1. The molecule has 1 heterocycles. The number of hydrogen-bond acceptors (Lipinski definition) is 5. The number of hydrogen-bond donors (Lipinski definition) is 3. The molecule has 0 spiro atoms. The predicted molar refractivity (Wildman–Crippen MR) is 76.5 cm³/mol. The highest BCUT2D eigenvalue weighted by Gasteiger charge is 2.40. The smallest absolute Gasteiger partial charge is 0.114 e. The maximum Gasteiger partial charge on any atom is 0.114 e. The third kappa shape index (κ3) is 5.89. The van der Waals surface area contributed by atoms with Crippen LogP contribution in [0.5, 0.6) is 0 Å². The molecule has 5 heteroatoms. The SMILES string of the molecule is C/C=C/CCCCCCO[C@@H]1[C@H]([C@@H](O)CO)OC[C@H]1O. The Balaban J connectivity index is 2.13. The summed E-state index contributed by atoms with van der Waals surface area (Å²) in [7, 11) is 0. The Morgan fingerprint density at radius 3 is 2.75 bits per heavy atom. The highest BCUT2D eigenvalue weighted by Crippen LogP contribution is 2.21. The fourth-order valence-corrected chi connectivity index (χ4v) is 2.36. The fraction of sp³-hybridized carbons (Fsp3) is 0.867. The summed E-state index contributed by atoms with van der Waals surface area (Å²) in [6.07, 6.45) is 6.83. The summed E-state index contributed by atoms with van der Waals surface area (Å²) in [5, 5.41) is 28.3. The highest BCUT2D eigenvalue weighted by molar-refractivity contribution is 4.89. The summed E-state index contributed by atoms with van der Waals surface area (Å²) in [6.45, 7) is 2.33. The Kier molecular flexibility index (Phi) is 9.05. The summed E-state index contributed by atoms with van der Waals surface area (Å²) in [6, 6.07) is 0. The second-order valence-electron chi connectivity index (χ2n) is 5.22. The zero-order valence-corrected chi connectivity index (χ0v) is 12.3. The fourth-order valence-electron chi connectivity index (χ4n) is 2.36. The van der Waals surface area contributed by atoms with Gasteiger partial charge in [-0.1, -0.05) is 25.0 Å². The van der Waals surface area contributed by atoms with Crippen LogP contribution < -0.4 is 0 Å². The van der Waals surface area contributed by atoms with E-state index in [1.807, 2.05) is 6.92 Å². The van der Waals surface area contributed by atoms with Crippen LogP contribution in [0.4, 0.5) is 0 Å². The van der Waals surface area contributed by atoms with E-state index in [1.165, 1.54) is 12.8 Å². The van der Waals surface area contributed by atoms with Gasteiger partial charge in [0.25, 0.3) is 0 Å². The molecule has 1 fully saturated rings. The van der Waals surface area contributed by atoms with E-state index in [4.69, 9.17) is 14.6 Å². The molecular formula is C15H28O5. The van der Waals surface area contributed by atoms with Crippen molar-refractivity contribution in [3.63, 3.8) is 0 Å². The van der Waals surface area contributed by atoms with Gasteiger partial charge in [0.1, 0.15) is 24.4 Å². The lowest BCUT2D eigenvalue weighted by Crippen LogP contribution is -2.42. The van der Waals surface area contributed by atoms with Gasteiger partial charge in [-0.25, -0.2) is 0 Å². The molecule has 5 nitrogen and oxygen atoms in total. The van der Waals surface area contributed by atoms with E-state index in [-0.39, 0.29) is 13.2 Å². The van der Waals surface area contributed by atoms with Crippen molar-refractivity contribution < 1.29 is 24.8 Å². The van der Waals surface area contributed by atoms with Crippen molar-refractivity contribution in [1.29, 1.82) is 0 Å². The molecule has 0 aromatic carbocycles. The third-order valence-corrected chi connectivity index (χ3v) is 3.54. The second kappa shape index (κ2) is 10.3. The Morgan fingerprint density at radius 2 is 2.05 bits per heavy atom. The largest absolute Gasteiger partial charge is 0.394 e. The van der Waals surface area contributed by atoms with Gasteiger partial charge in [-0.3, -0.25) is 0 Å². The molecule has 0 unspecified atom stereocenters. The molecule has 0 bridgehead atoms. The van der Waals surface area contributed by atoms with Crippen molar-refractivity contribution in [1.82, 2.24) is 0 Å². The van der Waals surface area contributed by atoms with Gasteiger partial charge in [-0.15, -0.1) is 0 Å². The van der Waals surface area contributed by atoms with Gasteiger partial charge >= 0.3 is 0 Å². The number of rotatable bonds is 10. The molecule has 0 saturated carbocycles. The van der Waals surface area contributed by atoms with E-state index in [0.717, 1.165) is 19.3 Å². The molecule has 0 radical (unpaired) electrons. The van der Waals surface area contributed by atoms with Crippen LogP contribution in [0.3, 0.4) is 0 Å². The monoisotopic (exact) mass is 288 g/mol. The van der Waals surface area contributed by atoms with E-state index in [2.05, 4.69) is 12.2 Å². The molecule has 0 aromatic heterocycles. The number of ether oxygens (including phenoxy) is 2. The zero-order valence-electron chi connectivity index (χ0n) is 12.3. The van der Waals surface area contributed by atoms with E-state index < -0.39 is 24.4 Å². The van der Waals surface area contributed by atoms with E-state index in [9.17, 15) is 10.2 Å². The average Bonchev–Trinajstić information content (AvgIpc) is 2.82. The Morgan fingerprint density at radius 1 is 1.30 bits per heavy atom. The molecule has 1 rings (SSSR count). The Labute approximate surface area is 121 Å². The maximum absolute atomic E-state index is 9.75.